The van der Waals surface area contributed by atoms with E-state index in [1.807, 2.05) is 13.8 Å². The molecule has 216 valence electrons. The number of carbonyl (C=O) groups excluding carboxylic acids is 1. The van der Waals surface area contributed by atoms with Crippen molar-refractivity contribution >= 4 is 29.1 Å². The lowest BCUT2D eigenvalue weighted by atomic mass is 9.63. The number of amides is 1. The average Bonchev–Trinajstić information content (AvgIpc) is 3.18. The van der Waals surface area contributed by atoms with Crippen molar-refractivity contribution in [3.05, 3.63) is 69.5 Å². The molecule has 1 amide bonds. The Kier molecular flexibility index (Phi) is 9.49. The normalized spacial score (nSPS) is 29.2. The van der Waals surface area contributed by atoms with E-state index in [0.29, 0.717) is 30.1 Å². The molecule has 2 aliphatic heterocycles. The van der Waals surface area contributed by atoms with Gasteiger partial charge < -0.3 is 15.4 Å². The van der Waals surface area contributed by atoms with Gasteiger partial charge in [0.2, 0.25) is 5.91 Å². The van der Waals surface area contributed by atoms with E-state index in [2.05, 4.69) is 42.4 Å². The van der Waals surface area contributed by atoms with Crippen molar-refractivity contribution < 1.29 is 13.9 Å². The Bertz CT molecular complexity index is 1240. The summed E-state index contributed by atoms with van der Waals surface area (Å²) in [4.78, 5) is 16.2. The first-order valence-corrected chi connectivity index (χ1v) is 14.6. The number of ether oxygens (including phenoxy) is 1. The zero-order valence-corrected chi connectivity index (χ0v) is 25.3. The Hall–Kier alpha value is -2.21. The largest absolute Gasteiger partial charge is 0.373 e. The highest BCUT2D eigenvalue weighted by molar-refractivity contribution is 6.31. The quantitative estimate of drug-likeness (QED) is 0.435. The fourth-order valence-corrected chi connectivity index (χ4v) is 6.71. The van der Waals surface area contributed by atoms with Crippen molar-refractivity contribution in [3.8, 4) is 6.07 Å². The number of nitriles is 1. The summed E-state index contributed by atoms with van der Waals surface area (Å²) in [5, 5.41) is 18.0. The van der Waals surface area contributed by atoms with Crippen LogP contribution in [0, 0.1) is 22.6 Å². The molecule has 0 radical (unpaired) electrons. The lowest BCUT2D eigenvalue weighted by Crippen LogP contribution is -2.50. The Labute approximate surface area is 247 Å². The maximum Gasteiger partial charge on any atom is 0.237 e. The van der Waals surface area contributed by atoms with Crippen LogP contribution in [0.1, 0.15) is 58.1 Å². The first-order valence-electron chi connectivity index (χ1n) is 13.9. The van der Waals surface area contributed by atoms with Crippen LogP contribution in [0.3, 0.4) is 0 Å². The number of morpholine rings is 1. The molecule has 40 heavy (non-hydrogen) atoms. The molecule has 2 saturated heterocycles. The van der Waals surface area contributed by atoms with E-state index in [9.17, 15) is 10.1 Å². The van der Waals surface area contributed by atoms with Crippen molar-refractivity contribution in [2.24, 2.45) is 5.41 Å². The van der Waals surface area contributed by atoms with Crippen molar-refractivity contribution in [1.82, 2.24) is 15.5 Å². The van der Waals surface area contributed by atoms with E-state index in [1.165, 1.54) is 6.07 Å². The van der Waals surface area contributed by atoms with Gasteiger partial charge >= 0.3 is 0 Å². The molecule has 2 N–H and O–H groups in total. The van der Waals surface area contributed by atoms with Gasteiger partial charge in [-0.3, -0.25) is 9.69 Å². The van der Waals surface area contributed by atoms with E-state index in [0.717, 1.165) is 13.1 Å². The van der Waals surface area contributed by atoms with Gasteiger partial charge in [0.05, 0.1) is 29.3 Å². The second-order valence-electron chi connectivity index (χ2n) is 12.4. The summed E-state index contributed by atoms with van der Waals surface area (Å²) in [6.45, 7) is 13.0. The second kappa shape index (κ2) is 12.3. The summed E-state index contributed by atoms with van der Waals surface area (Å²) < 4.78 is 21.6. The predicted molar refractivity (Wildman–Crippen MR) is 157 cm³/mol. The molecular formula is C31H39Cl2FN4O2. The molecule has 4 rings (SSSR count). The lowest BCUT2D eigenvalue weighted by Gasteiger charge is -2.37. The van der Waals surface area contributed by atoms with Gasteiger partial charge in [0, 0.05) is 43.2 Å². The number of halogens is 3. The van der Waals surface area contributed by atoms with E-state index in [1.54, 1.807) is 36.4 Å². The van der Waals surface area contributed by atoms with Gasteiger partial charge in [-0.25, -0.2) is 4.39 Å². The van der Waals surface area contributed by atoms with Gasteiger partial charge in [0.1, 0.15) is 11.2 Å². The maximum atomic E-state index is 15.7. The average molecular weight is 590 g/mol. The van der Waals surface area contributed by atoms with Crippen LogP contribution < -0.4 is 10.6 Å². The maximum absolute atomic E-state index is 15.7. The molecule has 6 atom stereocenters. The zero-order chi connectivity index (χ0) is 29.2. The van der Waals surface area contributed by atoms with Gasteiger partial charge in [-0.15, -0.1) is 0 Å². The number of hydrogen-bond donors (Lipinski definition) is 2. The molecule has 9 heteroatoms. The summed E-state index contributed by atoms with van der Waals surface area (Å²) in [6.07, 6.45) is 0.828. The Morgan fingerprint density at radius 3 is 2.42 bits per heavy atom. The molecule has 0 spiro atoms. The third kappa shape index (κ3) is 6.48. The van der Waals surface area contributed by atoms with E-state index < -0.39 is 29.2 Å². The molecule has 2 aromatic rings. The lowest BCUT2D eigenvalue weighted by molar-refractivity contribution is -0.123. The smallest absolute Gasteiger partial charge is 0.237 e. The first-order chi connectivity index (χ1) is 18.9. The van der Waals surface area contributed by atoms with E-state index in [-0.39, 0.29) is 34.1 Å². The van der Waals surface area contributed by atoms with Crippen molar-refractivity contribution in [2.75, 3.05) is 26.2 Å². The van der Waals surface area contributed by atoms with Crippen molar-refractivity contribution in [3.63, 3.8) is 0 Å². The Balaban J connectivity index is 1.73. The minimum Gasteiger partial charge on any atom is -0.373 e. The summed E-state index contributed by atoms with van der Waals surface area (Å²) in [6, 6.07) is 13.1. The standard InChI is InChI=1S/C31H39Cl2FN4O2/c1-19-16-38(17-20(2)40-19)14-13-36-29(39)28-26(23-7-6-8-24(33)27(23)34)31(18-35,21-9-11-22(32)12-10-21)25(37-28)15-30(3,4)5/h6-12,19-20,25-26,28,37H,13-17H2,1-5H3,(H,36,39)/t19-,20+,25-,26-,28+,31-/m0/s1. The van der Waals surface area contributed by atoms with Crippen molar-refractivity contribution in [1.29, 1.82) is 5.26 Å². The van der Waals surface area contributed by atoms with Crippen LogP contribution in [0.15, 0.2) is 42.5 Å². The SMILES string of the molecule is C[C@@H]1CN(CCNC(=O)[C@@H]2N[C@@H](CC(C)(C)C)[C@](C#N)(c3ccc(Cl)cc3)[C@H]2c2cccc(Cl)c2F)C[C@H](C)O1. The number of rotatable bonds is 7. The topological polar surface area (TPSA) is 77.4 Å². The highest BCUT2D eigenvalue weighted by Crippen LogP contribution is 2.52. The molecule has 2 heterocycles. The molecule has 6 nitrogen and oxygen atoms in total. The molecule has 2 aromatic carbocycles. The summed E-state index contributed by atoms with van der Waals surface area (Å²) in [5.74, 6) is -1.73. The fourth-order valence-electron chi connectivity index (χ4n) is 6.40. The second-order valence-corrected chi connectivity index (χ2v) is 13.2. The molecule has 0 bridgehead atoms. The molecule has 2 aliphatic rings. The fraction of sp³-hybridized carbons (Fsp3) is 0.548. The highest BCUT2D eigenvalue weighted by Gasteiger charge is 2.60. The Morgan fingerprint density at radius 2 is 1.82 bits per heavy atom. The van der Waals surface area contributed by atoms with Crippen molar-refractivity contribution in [2.45, 2.75) is 76.7 Å². The number of hydrogen-bond acceptors (Lipinski definition) is 5. The zero-order valence-electron chi connectivity index (χ0n) is 23.8. The van der Waals surface area contributed by atoms with Crippen LogP contribution in [-0.4, -0.2) is 61.3 Å². The first kappa shape index (κ1) is 30.7. The number of nitrogens with one attached hydrogen (secondary N) is 2. The summed E-state index contributed by atoms with van der Waals surface area (Å²) in [7, 11) is 0. The summed E-state index contributed by atoms with van der Waals surface area (Å²) in [5.41, 5.74) is -0.528. The van der Waals surface area contributed by atoms with Crippen LogP contribution in [0.25, 0.3) is 0 Å². The van der Waals surface area contributed by atoms with Gasteiger partial charge in [-0.05, 0) is 55.0 Å². The molecular weight excluding hydrogens is 550 g/mol. The predicted octanol–water partition coefficient (Wildman–Crippen LogP) is 5.68. The Morgan fingerprint density at radius 1 is 1.18 bits per heavy atom. The van der Waals surface area contributed by atoms with Crippen LogP contribution >= 0.6 is 23.2 Å². The molecule has 0 aromatic heterocycles. The van der Waals surface area contributed by atoms with Crippen LogP contribution in [0.2, 0.25) is 10.0 Å². The highest BCUT2D eigenvalue weighted by atomic mass is 35.5. The summed E-state index contributed by atoms with van der Waals surface area (Å²) >= 11 is 12.5. The number of carbonyl (C=O) groups is 1. The van der Waals surface area contributed by atoms with Gasteiger partial charge in [0.15, 0.2) is 0 Å². The van der Waals surface area contributed by atoms with Crippen LogP contribution in [-0.2, 0) is 14.9 Å². The van der Waals surface area contributed by atoms with Gasteiger partial charge in [-0.2, -0.15) is 5.26 Å². The number of nitrogens with zero attached hydrogens (tertiary/aromatic N) is 2. The van der Waals surface area contributed by atoms with E-state index in [4.69, 9.17) is 27.9 Å². The minimum absolute atomic E-state index is 0.0468. The van der Waals surface area contributed by atoms with Crippen LogP contribution in [0.5, 0.6) is 0 Å². The third-order valence-electron chi connectivity index (χ3n) is 7.90. The molecule has 0 saturated carbocycles. The van der Waals surface area contributed by atoms with E-state index >= 15 is 4.39 Å². The minimum atomic E-state index is -1.26. The monoisotopic (exact) mass is 588 g/mol. The molecule has 0 aliphatic carbocycles. The molecule has 2 fully saturated rings. The van der Waals surface area contributed by atoms with Crippen LogP contribution in [0.4, 0.5) is 4.39 Å². The third-order valence-corrected chi connectivity index (χ3v) is 8.44. The molecule has 0 unspecified atom stereocenters. The van der Waals surface area contributed by atoms with Gasteiger partial charge in [-0.1, -0.05) is 68.2 Å². The number of benzene rings is 2. The van der Waals surface area contributed by atoms with Gasteiger partial charge in [0.25, 0.3) is 0 Å².